The third-order valence-corrected chi connectivity index (χ3v) is 6.56. The molecule has 0 aliphatic heterocycles. The van der Waals surface area contributed by atoms with Crippen molar-refractivity contribution in [3.63, 3.8) is 0 Å². The molecule has 36 heavy (non-hydrogen) atoms. The van der Waals surface area contributed by atoms with Crippen LogP contribution in [0, 0.1) is 0 Å². The summed E-state index contributed by atoms with van der Waals surface area (Å²) in [5.41, 5.74) is 2.84. The number of ether oxygens (including phenoxy) is 2. The fraction of sp³-hybridized carbons (Fsp3) is 0.179. The van der Waals surface area contributed by atoms with E-state index in [4.69, 9.17) is 21.7 Å². The summed E-state index contributed by atoms with van der Waals surface area (Å²) in [6.45, 7) is 4.49. The predicted octanol–water partition coefficient (Wildman–Crippen LogP) is 6.20. The third kappa shape index (κ3) is 5.90. The number of anilines is 1. The molecule has 8 heteroatoms. The summed E-state index contributed by atoms with van der Waals surface area (Å²) in [5, 5.41) is 10.3. The zero-order valence-corrected chi connectivity index (χ0v) is 21.6. The van der Waals surface area contributed by atoms with Crippen molar-refractivity contribution in [2.24, 2.45) is 0 Å². The van der Waals surface area contributed by atoms with Crippen LogP contribution in [0.2, 0.25) is 0 Å². The number of thiocarbonyl (C=S) groups is 1. The first kappa shape index (κ1) is 25.3. The van der Waals surface area contributed by atoms with Crippen LogP contribution in [0.3, 0.4) is 0 Å². The van der Waals surface area contributed by atoms with Crippen LogP contribution in [0.15, 0.2) is 72.1 Å². The van der Waals surface area contributed by atoms with E-state index in [0.29, 0.717) is 22.7 Å². The molecule has 0 bridgehead atoms. The maximum absolute atomic E-state index is 12.8. The molecule has 0 unspecified atom stereocenters. The quantitative estimate of drug-likeness (QED) is 0.214. The summed E-state index contributed by atoms with van der Waals surface area (Å²) >= 11 is 6.72. The van der Waals surface area contributed by atoms with Crippen LogP contribution in [0.25, 0.3) is 21.9 Å². The Balaban J connectivity index is 1.51. The molecule has 0 radical (unpaired) electrons. The molecule has 0 fully saturated rings. The monoisotopic (exact) mass is 518 g/mol. The summed E-state index contributed by atoms with van der Waals surface area (Å²) in [6.07, 6.45) is 0.176. The van der Waals surface area contributed by atoms with Crippen LogP contribution in [0.5, 0.6) is 5.75 Å². The van der Waals surface area contributed by atoms with Gasteiger partial charge in [0.2, 0.25) is 5.91 Å². The van der Waals surface area contributed by atoms with Gasteiger partial charge >= 0.3 is 5.97 Å². The van der Waals surface area contributed by atoms with Crippen molar-refractivity contribution < 1.29 is 19.1 Å². The molecule has 3 aromatic carbocycles. The number of thiophene rings is 1. The minimum absolute atomic E-state index is 0.117. The summed E-state index contributed by atoms with van der Waals surface area (Å²) in [6, 6.07) is 21.3. The molecule has 0 aliphatic carbocycles. The van der Waals surface area contributed by atoms with Gasteiger partial charge in [0.25, 0.3) is 0 Å². The molecule has 184 valence electrons. The van der Waals surface area contributed by atoms with Crippen LogP contribution in [-0.2, 0) is 16.0 Å². The predicted molar refractivity (Wildman–Crippen MR) is 149 cm³/mol. The Morgan fingerprint density at radius 1 is 0.944 bits per heavy atom. The third-order valence-electron chi connectivity index (χ3n) is 5.46. The topological polar surface area (TPSA) is 76.7 Å². The van der Waals surface area contributed by atoms with Crippen molar-refractivity contribution >= 4 is 56.3 Å². The molecule has 2 N–H and O–H groups in total. The Morgan fingerprint density at radius 3 is 2.44 bits per heavy atom. The van der Waals surface area contributed by atoms with E-state index in [1.807, 2.05) is 79.0 Å². The van der Waals surface area contributed by atoms with Gasteiger partial charge in [-0.15, -0.1) is 11.3 Å². The van der Waals surface area contributed by atoms with Gasteiger partial charge in [0.15, 0.2) is 5.11 Å². The van der Waals surface area contributed by atoms with E-state index >= 15 is 0 Å². The Morgan fingerprint density at radius 2 is 1.69 bits per heavy atom. The van der Waals surface area contributed by atoms with Crippen molar-refractivity contribution in [2.75, 3.05) is 18.5 Å². The molecule has 0 aliphatic rings. The highest BCUT2D eigenvalue weighted by Gasteiger charge is 2.22. The minimum atomic E-state index is -0.463. The van der Waals surface area contributed by atoms with Gasteiger partial charge in [0, 0.05) is 10.9 Å². The Bertz CT molecular complexity index is 1390. The lowest BCUT2D eigenvalue weighted by Gasteiger charge is -2.12. The summed E-state index contributed by atoms with van der Waals surface area (Å²) in [4.78, 5) is 25.6. The van der Waals surface area contributed by atoms with E-state index in [1.165, 1.54) is 11.3 Å². The lowest BCUT2D eigenvalue weighted by molar-refractivity contribution is -0.119. The summed E-state index contributed by atoms with van der Waals surface area (Å²) in [7, 11) is 0. The van der Waals surface area contributed by atoms with Crippen molar-refractivity contribution in [3.05, 3.63) is 83.2 Å². The van der Waals surface area contributed by atoms with Crippen LogP contribution in [0.4, 0.5) is 5.00 Å². The Kier molecular flexibility index (Phi) is 8.30. The number of rotatable bonds is 8. The van der Waals surface area contributed by atoms with Gasteiger partial charge in [-0.25, -0.2) is 4.79 Å². The maximum atomic E-state index is 12.8. The van der Waals surface area contributed by atoms with E-state index in [-0.39, 0.29) is 24.0 Å². The normalized spacial score (nSPS) is 10.6. The fourth-order valence-corrected chi connectivity index (χ4v) is 5.13. The largest absolute Gasteiger partial charge is 0.494 e. The van der Waals surface area contributed by atoms with Gasteiger partial charge in [-0.3, -0.25) is 4.79 Å². The molecule has 0 saturated carbocycles. The maximum Gasteiger partial charge on any atom is 0.341 e. The van der Waals surface area contributed by atoms with E-state index < -0.39 is 5.97 Å². The highest BCUT2D eigenvalue weighted by molar-refractivity contribution is 7.80. The van der Waals surface area contributed by atoms with E-state index in [0.717, 1.165) is 27.6 Å². The molecule has 1 amide bonds. The molecule has 4 rings (SSSR count). The average molecular weight is 519 g/mol. The Hall–Kier alpha value is -3.75. The first-order chi connectivity index (χ1) is 17.5. The van der Waals surface area contributed by atoms with Crippen molar-refractivity contribution in [2.45, 2.75) is 20.3 Å². The van der Waals surface area contributed by atoms with Gasteiger partial charge in [0.1, 0.15) is 16.3 Å². The Labute approximate surface area is 219 Å². The second-order valence-electron chi connectivity index (χ2n) is 7.85. The van der Waals surface area contributed by atoms with Gasteiger partial charge in [-0.2, -0.15) is 0 Å². The second-order valence-corrected chi connectivity index (χ2v) is 9.14. The SMILES string of the molecule is CCOC(=O)c1c(-c2ccc(OCC)cc2)csc1NC(=S)NC(=O)Cc1cccc2ccccc12. The summed E-state index contributed by atoms with van der Waals surface area (Å²) in [5.74, 6) is 0.0439. The van der Waals surface area contributed by atoms with Crippen molar-refractivity contribution in [1.82, 2.24) is 5.32 Å². The van der Waals surface area contributed by atoms with Gasteiger partial charge < -0.3 is 20.1 Å². The lowest BCUT2D eigenvalue weighted by Crippen LogP contribution is -2.35. The number of fused-ring (bicyclic) bond motifs is 1. The van der Waals surface area contributed by atoms with Crippen LogP contribution < -0.4 is 15.4 Å². The second kappa shape index (κ2) is 11.8. The van der Waals surface area contributed by atoms with Crippen LogP contribution in [0.1, 0.15) is 29.8 Å². The number of amides is 1. The molecule has 6 nitrogen and oxygen atoms in total. The van der Waals surface area contributed by atoms with Crippen LogP contribution in [-0.4, -0.2) is 30.2 Å². The number of benzene rings is 3. The number of carbonyl (C=O) groups excluding carboxylic acids is 2. The van der Waals surface area contributed by atoms with E-state index in [1.54, 1.807) is 6.92 Å². The average Bonchev–Trinajstić information content (AvgIpc) is 3.28. The highest BCUT2D eigenvalue weighted by atomic mass is 32.1. The smallest absolute Gasteiger partial charge is 0.341 e. The molecule has 1 aromatic heterocycles. The first-order valence-electron chi connectivity index (χ1n) is 11.6. The number of hydrogen-bond donors (Lipinski definition) is 2. The van der Waals surface area contributed by atoms with E-state index in [9.17, 15) is 9.59 Å². The molecule has 0 saturated heterocycles. The summed E-state index contributed by atoms with van der Waals surface area (Å²) < 4.78 is 10.8. The molecule has 4 aromatic rings. The van der Waals surface area contributed by atoms with Gasteiger partial charge in [-0.05, 0) is 60.1 Å². The molecular weight excluding hydrogens is 492 g/mol. The number of nitrogens with one attached hydrogen (secondary N) is 2. The van der Waals surface area contributed by atoms with Gasteiger partial charge in [0.05, 0.1) is 19.6 Å². The zero-order valence-electron chi connectivity index (χ0n) is 20.0. The number of carbonyl (C=O) groups is 2. The standard InChI is InChI=1S/C28H26N2O4S2/c1-3-33-21-14-12-19(13-15-21)23-17-36-26(25(23)27(32)34-4-2)30-28(35)29-24(31)16-20-10-7-9-18-8-5-6-11-22(18)20/h5-15,17H,3-4,16H2,1-2H3,(H2,29,30,31,35). The zero-order chi connectivity index (χ0) is 25.5. The number of esters is 1. The van der Waals surface area contributed by atoms with Crippen molar-refractivity contribution in [3.8, 4) is 16.9 Å². The molecule has 1 heterocycles. The minimum Gasteiger partial charge on any atom is -0.494 e. The lowest BCUT2D eigenvalue weighted by atomic mass is 10.0. The molecular formula is C28H26N2O4S2. The van der Waals surface area contributed by atoms with Crippen molar-refractivity contribution in [1.29, 1.82) is 0 Å². The van der Waals surface area contributed by atoms with Crippen LogP contribution >= 0.6 is 23.6 Å². The molecule has 0 spiro atoms. The van der Waals surface area contributed by atoms with E-state index in [2.05, 4.69) is 10.6 Å². The van der Waals surface area contributed by atoms with Gasteiger partial charge in [-0.1, -0.05) is 54.6 Å². The highest BCUT2D eigenvalue weighted by Crippen LogP contribution is 2.37. The first-order valence-corrected chi connectivity index (χ1v) is 12.9. The fourth-order valence-electron chi connectivity index (χ4n) is 3.89. The number of hydrogen-bond acceptors (Lipinski definition) is 6. The molecule has 0 atom stereocenters.